The fourth-order valence-corrected chi connectivity index (χ4v) is 2.23. The van der Waals surface area contributed by atoms with Gasteiger partial charge in [-0.05, 0) is 36.6 Å². The molecule has 94 valence electrons. The lowest BCUT2D eigenvalue weighted by Gasteiger charge is -2.24. The second kappa shape index (κ2) is 7.02. The van der Waals surface area contributed by atoms with Crippen LogP contribution in [0.15, 0.2) is 28.7 Å². The predicted molar refractivity (Wildman–Crippen MR) is 75.4 cm³/mol. The highest BCUT2D eigenvalue weighted by Gasteiger charge is 2.16. The van der Waals surface area contributed by atoms with Gasteiger partial charge in [0.25, 0.3) is 0 Å². The Morgan fingerprint density at radius 3 is 2.59 bits per heavy atom. The molecular weight excluding hydrogens is 278 g/mol. The average molecular weight is 298 g/mol. The van der Waals surface area contributed by atoms with Crippen molar-refractivity contribution < 1.29 is 4.74 Å². The number of nitrogens with one attached hydrogen (secondary N) is 1. The van der Waals surface area contributed by atoms with Crippen LogP contribution in [0.2, 0.25) is 0 Å². The number of hydrogen-bond acceptors (Lipinski definition) is 2. The molecule has 1 aliphatic rings. The Morgan fingerprint density at radius 2 is 1.94 bits per heavy atom. The minimum absolute atomic E-state index is 0.794. The van der Waals surface area contributed by atoms with Gasteiger partial charge in [-0.3, -0.25) is 0 Å². The Labute approximate surface area is 112 Å². The van der Waals surface area contributed by atoms with E-state index in [1.165, 1.54) is 25.7 Å². The lowest BCUT2D eigenvalue weighted by atomic mass is 9.83. The first-order valence-electron chi connectivity index (χ1n) is 6.42. The third-order valence-corrected chi connectivity index (χ3v) is 3.84. The van der Waals surface area contributed by atoms with Gasteiger partial charge in [0.1, 0.15) is 0 Å². The van der Waals surface area contributed by atoms with E-state index in [0.29, 0.717) is 0 Å². The van der Waals surface area contributed by atoms with Gasteiger partial charge in [0.15, 0.2) is 0 Å². The molecule has 1 aromatic carbocycles. The molecule has 2 nitrogen and oxygen atoms in total. The second-order valence-electron chi connectivity index (χ2n) is 4.63. The second-order valence-corrected chi connectivity index (χ2v) is 5.55. The molecule has 0 aromatic heterocycles. The van der Waals surface area contributed by atoms with Gasteiger partial charge in [0.2, 0.25) is 0 Å². The van der Waals surface area contributed by atoms with Crippen molar-refractivity contribution in [3.8, 4) is 0 Å². The molecule has 1 aromatic rings. The van der Waals surface area contributed by atoms with Crippen LogP contribution in [0.1, 0.15) is 25.7 Å². The predicted octanol–water partition coefficient (Wildman–Crippen LogP) is 4.07. The van der Waals surface area contributed by atoms with E-state index in [2.05, 4.69) is 33.4 Å². The maximum absolute atomic E-state index is 5.61. The van der Waals surface area contributed by atoms with Crippen LogP contribution in [0.4, 0.5) is 5.69 Å². The summed E-state index contributed by atoms with van der Waals surface area (Å²) < 4.78 is 6.72. The Balaban J connectivity index is 1.49. The summed E-state index contributed by atoms with van der Waals surface area (Å²) in [7, 11) is 0. The zero-order valence-corrected chi connectivity index (χ0v) is 11.7. The molecule has 17 heavy (non-hydrogen) atoms. The number of benzene rings is 1. The van der Waals surface area contributed by atoms with Crippen LogP contribution in [0.25, 0.3) is 0 Å². The van der Waals surface area contributed by atoms with Crippen LogP contribution in [0.3, 0.4) is 0 Å². The first kappa shape index (κ1) is 12.9. The molecule has 0 heterocycles. The molecule has 0 aliphatic heterocycles. The molecule has 1 saturated carbocycles. The third-order valence-electron chi connectivity index (χ3n) is 3.31. The summed E-state index contributed by atoms with van der Waals surface area (Å²) in [5, 5.41) is 3.34. The molecule has 0 amide bonds. The van der Waals surface area contributed by atoms with E-state index in [1.807, 2.05) is 12.1 Å². The van der Waals surface area contributed by atoms with E-state index in [0.717, 1.165) is 35.8 Å². The molecule has 1 N–H and O–H groups in total. The first-order chi connectivity index (χ1) is 8.34. The molecule has 2 rings (SSSR count). The fraction of sp³-hybridized carbons (Fsp3) is 0.571. The molecule has 0 bridgehead atoms. The van der Waals surface area contributed by atoms with Gasteiger partial charge < -0.3 is 10.1 Å². The SMILES string of the molecule is Brc1ccc(NCCOCCC2CCC2)cc1. The van der Waals surface area contributed by atoms with E-state index >= 15 is 0 Å². The standard InChI is InChI=1S/C14H20BrNO/c15-13-4-6-14(7-5-13)16-9-11-17-10-8-12-2-1-3-12/h4-7,12,16H,1-3,8-11H2. The van der Waals surface area contributed by atoms with Crippen LogP contribution in [0, 0.1) is 5.92 Å². The van der Waals surface area contributed by atoms with E-state index in [9.17, 15) is 0 Å². The normalized spacial score (nSPS) is 15.6. The van der Waals surface area contributed by atoms with Crippen LogP contribution in [-0.2, 0) is 4.74 Å². The Kier molecular flexibility index (Phi) is 5.33. The van der Waals surface area contributed by atoms with Gasteiger partial charge in [-0.15, -0.1) is 0 Å². The molecule has 0 saturated heterocycles. The van der Waals surface area contributed by atoms with E-state index < -0.39 is 0 Å². The summed E-state index contributed by atoms with van der Waals surface area (Å²) in [5.74, 6) is 0.953. The van der Waals surface area contributed by atoms with Crippen molar-refractivity contribution in [1.29, 1.82) is 0 Å². The van der Waals surface area contributed by atoms with Crippen molar-refractivity contribution in [3.05, 3.63) is 28.7 Å². The van der Waals surface area contributed by atoms with Gasteiger partial charge in [0, 0.05) is 23.3 Å². The quantitative estimate of drug-likeness (QED) is 0.766. The highest BCUT2D eigenvalue weighted by atomic mass is 79.9. The van der Waals surface area contributed by atoms with Crippen molar-refractivity contribution in [1.82, 2.24) is 0 Å². The first-order valence-corrected chi connectivity index (χ1v) is 7.21. The van der Waals surface area contributed by atoms with Gasteiger partial charge in [-0.1, -0.05) is 35.2 Å². The lowest BCUT2D eigenvalue weighted by molar-refractivity contribution is 0.114. The third kappa shape index (κ3) is 4.68. The summed E-state index contributed by atoms with van der Waals surface area (Å²) in [6.45, 7) is 2.60. The number of anilines is 1. The van der Waals surface area contributed by atoms with Crippen LogP contribution < -0.4 is 5.32 Å². The van der Waals surface area contributed by atoms with Gasteiger partial charge in [-0.2, -0.15) is 0 Å². The molecule has 1 fully saturated rings. The van der Waals surface area contributed by atoms with E-state index in [1.54, 1.807) is 0 Å². The van der Waals surface area contributed by atoms with E-state index in [4.69, 9.17) is 4.74 Å². The monoisotopic (exact) mass is 297 g/mol. The molecule has 0 atom stereocenters. The van der Waals surface area contributed by atoms with Crippen LogP contribution >= 0.6 is 15.9 Å². The van der Waals surface area contributed by atoms with Crippen molar-refractivity contribution in [2.45, 2.75) is 25.7 Å². The van der Waals surface area contributed by atoms with Crippen molar-refractivity contribution in [3.63, 3.8) is 0 Å². The minimum atomic E-state index is 0.794. The Bertz CT molecular complexity index is 321. The molecule has 3 heteroatoms. The number of ether oxygens (including phenoxy) is 1. The maximum atomic E-state index is 5.61. The summed E-state index contributed by atoms with van der Waals surface area (Å²) in [4.78, 5) is 0. The van der Waals surface area contributed by atoms with Crippen LogP contribution in [0.5, 0.6) is 0 Å². The van der Waals surface area contributed by atoms with Gasteiger partial charge in [0.05, 0.1) is 6.61 Å². The number of halogens is 1. The summed E-state index contributed by atoms with van der Waals surface area (Å²) in [6.07, 6.45) is 5.51. The lowest BCUT2D eigenvalue weighted by Crippen LogP contribution is -2.15. The van der Waals surface area contributed by atoms with E-state index in [-0.39, 0.29) is 0 Å². The molecule has 0 spiro atoms. The number of rotatable bonds is 7. The average Bonchev–Trinajstić information content (AvgIpc) is 2.28. The molecule has 0 unspecified atom stereocenters. The molecular formula is C14H20BrNO. The van der Waals surface area contributed by atoms with Crippen molar-refractivity contribution in [2.75, 3.05) is 25.1 Å². The summed E-state index contributed by atoms with van der Waals surface area (Å²) in [6, 6.07) is 8.22. The smallest absolute Gasteiger partial charge is 0.0639 e. The fourth-order valence-electron chi connectivity index (χ4n) is 1.97. The summed E-state index contributed by atoms with van der Waals surface area (Å²) in [5.41, 5.74) is 1.15. The summed E-state index contributed by atoms with van der Waals surface area (Å²) >= 11 is 3.42. The zero-order valence-electron chi connectivity index (χ0n) is 10.1. The van der Waals surface area contributed by atoms with Gasteiger partial charge in [-0.25, -0.2) is 0 Å². The molecule has 0 radical (unpaired) electrons. The topological polar surface area (TPSA) is 21.3 Å². The molecule has 1 aliphatic carbocycles. The number of hydrogen-bond donors (Lipinski definition) is 1. The van der Waals surface area contributed by atoms with Gasteiger partial charge >= 0.3 is 0 Å². The highest BCUT2D eigenvalue weighted by molar-refractivity contribution is 9.10. The Morgan fingerprint density at radius 1 is 1.18 bits per heavy atom. The largest absolute Gasteiger partial charge is 0.383 e. The highest BCUT2D eigenvalue weighted by Crippen LogP contribution is 2.29. The van der Waals surface area contributed by atoms with Crippen molar-refractivity contribution in [2.24, 2.45) is 5.92 Å². The van der Waals surface area contributed by atoms with Crippen LogP contribution in [-0.4, -0.2) is 19.8 Å². The maximum Gasteiger partial charge on any atom is 0.0639 e. The van der Waals surface area contributed by atoms with Crippen molar-refractivity contribution >= 4 is 21.6 Å². The zero-order chi connectivity index (χ0) is 11.9. The Hall–Kier alpha value is -0.540. The minimum Gasteiger partial charge on any atom is -0.383 e.